The number of amides is 1. The third-order valence-electron chi connectivity index (χ3n) is 7.14. The molecule has 1 aromatic heterocycles. The molecule has 1 atom stereocenters. The predicted octanol–water partition coefficient (Wildman–Crippen LogP) is 4.27. The van der Waals surface area contributed by atoms with E-state index in [-0.39, 0.29) is 11.5 Å². The summed E-state index contributed by atoms with van der Waals surface area (Å²) < 4.78 is 13.4. The highest BCUT2D eigenvalue weighted by Crippen LogP contribution is 2.38. The Morgan fingerprint density at radius 2 is 1.79 bits per heavy atom. The van der Waals surface area contributed by atoms with Gasteiger partial charge in [-0.25, -0.2) is 4.99 Å². The molecule has 5 rings (SSSR count). The highest BCUT2D eigenvalue weighted by molar-refractivity contribution is 7.07. The van der Waals surface area contributed by atoms with Crippen LogP contribution in [0.25, 0.3) is 16.8 Å². The fourth-order valence-corrected chi connectivity index (χ4v) is 6.18. The van der Waals surface area contributed by atoms with Gasteiger partial charge in [-0.3, -0.25) is 14.2 Å². The highest BCUT2D eigenvalue weighted by atomic mass is 32.1. The molecule has 1 unspecified atom stereocenters. The molecule has 2 heterocycles. The molecule has 3 aromatic carbocycles. The van der Waals surface area contributed by atoms with E-state index in [1.54, 1.807) is 35.8 Å². The average Bonchev–Trinajstić information content (AvgIpc) is 3.26. The lowest BCUT2D eigenvalue weighted by molar-refractivity contribution is -0.127. The van der Waals surface area contributed by atoms with Crippen molar-refractivity contribution in [2.75, 3.05) is 27.3 Å². The molecule has 0 fully saturated rings. The summed E-state index contributed by atoms with van der Waals surface area (Å²) in [6.45, 7) is 6.80. The van der Waals surface area contributed by atoms with Gasteiger partial charge >= 0.3 is 0 Å². The number of rotatable bonds is 7. The number of methoxy groups -OCH3 is 2. The van der Waals surface area contributed by atoms with E-state index in [0.717, 1.165) is 16.3 Å². The molecule has 200 valence electrons. The Kier molecular flexibility index (Phi) is 7.39. The van der Waals surface area contributed by atoms with Gasteiger partial charge in [-0.05, 0) is 61.4 Å². The number of likely N-dealkylation sites (N-methyl/N-ethyl adjacent to an activating group) is 1. The van der Waals surface area contributed by atoms with Crippen molar-refractivity contribution < 1.29 is 14.3 Å². The zero-order valence-electron chi connectivity index (χ0n) is 22.7. The van der Waals surface area contributed by atoms with Crippen molar-refractivity contribution >= 4 is 34.1 Å². The fraction of sp³-hybridized carbons (Fsp3) is 0.258. The van der Waals surface area contributed by atoms with Crippen LogP contribution in [0.5, 0.6) is 11.5 Å². The molecule has 7 nitrogen and oxygen atoms in total. The van der Waals surface area contributed by atoms with E-state index in [4.69, 9.17) is 14.5 Å². The summed E-state index contributed by atoms with van der Waals surface area (Å²) in [5.41, 5.74) is 2.44. The summed E-state index contributed by atoms with van der Waals surface area (Å²) in [5.74, 6) is 1.01. The van der Waals surface area contributed by atoms with Crippen LogP contribution in [-0.4, -0.2) is 42.7 Å². The van der Waals surface area contributed by atoms with Gasteiger partial charge in [0.2, 0.25) is 0 Å². The lowest BCUT2D eigenvalue weighted by atomic mass is 9.93. The molecule has 4 aromatic rings. The van der Waals surface area contributed by atoms with Gasteiger partial charge in [-0.15, -0.1) is 0 Å². The maximum Gasteiger partial charge on any atom is 0.271 e. The van der Waals surface area contributed by atoms with Crippen molar-refractivity contribution in [2.24, 2.45) is 4.99 Å². The minimum Gasteiger partial charge on any atom is -0.497 e. The van der Waals surface area contributed by atoms with Crippen LogP contribution in [0.2, 0.25) is 0 Å². The van der Waals surface area contributed by atoms with Crippen molar-refractivity contribution in [2.45, 2.75) is 26.8 Å². The Labute approximate surface area is 230 Å². The lowest BCUT2D eigenvalue weighted by Gasteiger charge is -2.30. The number of allylic oxidation sites excluding steroid dienone is 1. The standard InChI is InChI=1S/C31H31N3O4S/c1-6-33(7-2)30(36)27-19(3)32-31-34(28(27)24-18-22(37-4)15-16-25(24)38-5)29(35)26(39-31)17-21-13-10-12-20-11-8-9-14-23(20)21/h8-18,28H,6-7H2,1-5H3/b26-17-. The Morgan fingerprint density at radius 1 is 1.05 bits per heavy atom. The summed E-state index contributed by atoms with van der Waals surface area (Å²) in [6.07, 6.45) is 1.91. The third kappa shape index (κ3) is 4.65. The quantitative estimate of drug-likeness (QED) is 0.350. The first-order valence-corrected chi connectivity index (χ1v) is 13.7. The molecule has 0 spiro atoms. The molecule has 0 saturated carbocycles. The molecule has 0 saturated heterocycles. The van der Waals surface area contributed by atoms with Crippen LogP contribution < -0.4 is 24.4 Å². The van der Waals surface area contributed by atoms with Gasteiger partial charge in [-0.2, -0.15) is 0 Å². The van der Waals surface area contributed by atoms with Crippen LogP contribution in [0, 0.1) is 0 Å². The number of hydrogen-bond donors (Lipinski definition) is 0. The number of carbonyl (C=O) groups excluding carboxylic acids is 1. The van der Waals surface area contributed by atoms with Crippen LogP contribution in [0.3, 0.4) is 0 Å². The Morgan fingerprint density at radius 3 is 2.51 bits per heavy atom. The second-order valence-electron chi connectivity index (χ2n) is 9.24. The van der Waals surface area contributed by atoms with Gasteiger partial charge in [0.15, 0.2) is 4.80 Å². The van der Waals surface area contributed by atoms with Crippen LogP contribution in [0.4, 0.5) is 0 Å². The molecule has 8 heteroatoms. The number of aromatic nitrogens is 1. The largest absolute Gasteiger partial charge is 0.497 e. The third-order valence-corrected chi connectivity index (χ3v) is 8.13. The summed E-state index contributed by atoms with van der Waals surface area (Å²) in [4.78, 5) is 35.1. The van der Waals surface area contributed by atoms with Crippen LogP contribution in [0.15, 0.2) is 81.7 Å². The molecular formula is C31H31N3O4S. The Balaban J connectivity index is 1.80. The summed E-state index contributed by atoms with van der Waals surface area (Å²) in [7, 11) is 3.17. The van der Waals surface area contributed by atoms with Crippen LogP contribution >= 0.6 is 11.3 Å². The van der Waals surface area contributed by atoms with Gasteiger partial charge in [-0.1, -0.05) is 53.8 Å². The molecule has 0 N–H and O–H groups in total. The lowest BCUT2D eigenvalue weighted by Crippen LogP contribution is -2.43. The van der Waals surface area contributed by atoms with E-state index in [1.165, 1.54) is 11.3 Å². The van der Waals surface area contributed by atoms with Gasteiger partial charge in [0, 0.05) is 18.7 Å². The normalized spacial score (nSPS) is 15.2. The number of fused-ring (bicyclic) bond motifs is 2. The van der Waals surface area contributed by atoms with Crippen molar-refractivity contribution in [3.8, 4) is 11.5 Å². The minimum atomic E-state index is -0.728. The summed E-state index contributed by atoms with van der Waals surface area (Å²) in [6, 6.07) is 18.8. The van der Waals surface area contributed by atoms with Gasteiger partial charge in [0.25, 0.3) is 11.5 Å². The predicted molar refractivity (Wildman–Crippen MR) is 155 cm³/mol. The minimum absolute atomic E-state index is 0.153. The number of thiazole rings is 1. The average molecular weight is 542 g/mol. The van der Waals surface area contributed by atoms with E-state index < -0.39 is 6.04 Å². The topological polar surface area (TPSA) is 73.1 Å². The SMILES string of the molecule is CCN(CC)C(=O)C1=C(C)N=c2s/c(=C\c3cccc4ccccc34)c(=O)n2C1c1cc(OC)ccc1OC. The summed E-state index contributed by atoms with van der Waals surface area (Å²) >= 11 is 1.32. The van der Waals surface area contributed by atoms with E-state index in [1.807, 2.05) is 63.2 Å². The van der Waals surface area contributed by atoms with Crippen molar-refractivity contribution in [3.05, 3.63) is 103 Å². The molecule has 1 aliphatic heterocycles. The van der Waals surface area contributed by atoms with Crippen molar-refractivity contribution in [1.29, 1.82) is 0 Å². The molecule has 0 aliphatic carbocycles. The Hall–Kier alpha value is -4.17. The molecule has 39 heavy (non-hydrogen) atoms. The number of hydrogen-bond acceptors (Lipinski definition) is 6. The van der Waals surface area contributed by atoms with Gasteiger partial charge in [0.1, 0.15) is 17.5 Å². The molecule has 0 radical (unpaired) electrons. The number of ether oxygens (including phenoxy) is 2. The molecular weight excluding hydrogens is 510 g/mol. The monoisotopic (exact) mass is 541 g/mol. The second kappa shape index (κ2) is 10.9. The van der Waals surface area contributed by atoms with Crippen LogP contribution in [0.1, 0.15) is 37.9 Å². The van der Waals surface area contributed by atoms with Gasteiger partial charge in [0.05, 0.1) is 30.0 Å². The maximum atomic E-state index is 14.1. The first-order valence-electron chi connectivity index (χ1n) is 12.9. The van der Waals surface area contributed by atoms with Crippen molar-refractivity contribution in [1.82, 2.24) is 9.47 Å². The molecule has 1 aliphatic rings. The number of nitrogens with zero attached hydrogens (tertiary/aromatic N) is 3. The van der Waals surface area contributed by atoms with E-state index in [0.29, 0.717) is 50.8 Å². The van der Waals surface area contributed by atoms with E-state index >= 15 is 0 Å². The maximum absolute atomic E-state index is 14.1. The number of benzene rings is 3. The second-order valence-corrected chi connectivity index (χ2v) is 10.2. The first-order chi connectivity index (χ1) is 18.9. The van der Waals surface area contributed by atoms with E-state index in [9.17, 15) is 9.59 Å². The zero-order chi connectivity index (χ0) is 27.7. The van der Waals surface area contributed by atoms with Crippen LogP contribution in [-0.2, 0) is 4.79 Å². The van der Waals surface area contributed by atoms with Gasteiger partial charge < -0.3 is 14.4 Å². The fourth-order valence-electron chi connectivity index (χ4n) is 5.14. The number of carbonyl (C=O) groups is 1. The van der Waals surface area contributed by atoms with E-state index in [2.05, 4.69) is 12.1 Å². The smallest absolute Gasteiger partial charge is 0.271 e. The van der Waals surface area contributed by atoms with Crippen molar-refractivity contribution in [3.63, 3.8) is 0 Å². The highest BCUT2D eigenvalue weighted by Gasteiger charge is 2.36. The Bertz CT molecular complexity index is 1770. The first kappa shape index (κ1) is 26.4. The molecule has 0 bridgehead atoms. The molecule has 1 amide bonds. The summed E-state index contributed by atoms with van der Waals surface area (Å²) in [5, 5.41) is 2.16. The zero-order valence-corrected chi connectivity index (χ0v) is 23.5.